The zero-order valence-corrected chi connectivity index (χ0v) is 18.9. The van der Waals surface area contributed by atoms with Crippen molar-refractivity contribution < 1.29 is 38.1 Å². The normalized spacial score (nSPS) is 26.3. The number of carbonyl (C=O) groups excluding carboxylic acids is 3. The zero-order chi connectivity index (χ0) is 21.6. The van der Waals surface area contributed by atoms with Gasteiger partial charge in [0.1, 0.15) is 11.9 Å². The third-order valence-corrected chi connectivity index (χ3v) is 5.10. The summed E-state index contributed by atoms with van der Waals surface area (Å²) in [5.74, 6) is -1.28. The molecule has 0 radical (unpaired) electrons. The summed E-state index contributed by atoms with van der Waals surface area (Å²) in [5, 5.41) is 0. The van der Waals surface area contributed by atoms with E-state index in [1.54, 1.807) is 12.1 Å². The Bertz CT molecular complexity index is 720. The lowest BCUT2D eigenvalue weighted by Gasteiger charge is -2.43. The lowest BCUT2D eigenvalue weighted by atomic mass is 9.98. The van der Waals surface area contributed by atoms with Crippen LogP contribution in [-0.2, 0) is 39.8 Å². The van der Waals surface area contributed by atoms with Crippen molar-refractivity contribution in [3.8, 4) is 5.75 Å². The smallest absolute Gasteiger partial charge is 0.303 e. The molecule has 5 atom stereocenters. The number of hydrogen-bond donors (Lipinski definition) is 0. The van der Waals surface area contributed by atoms with Crippen molar-refractivity contribution in [1.29, 1.82) is 0 Å². The zero-order valence-electron chi connectivity index (χ0n) is 16.8. The topological polar surface area (TPSA) is 97.4 Å². The van der Waals surface area contributed by atoms with Crippen molar-refractivity contribution in [2.24, 2.45) is 0 Å². The van der Waals surface area contributed by atoms with E-state index < -0.39 is 48.6 Å². The fourth-order valence-corrected chi connectivity index (χ4v) is 3.72. The molecule has 9 heteroatoms. The largest absolute Gasteiger partial charge is 0.461 e. The van der Waals surface area contributed by atoms with E-state index in [9.17, 15) is 14.4 Å². The van der Waals surface area contributed by atoms with Gasteiger partial charge in [0.2, 0.25) is 12.4 Å². The maximum atomic E-state index is 11.7. The third kappa shape index (κ3) is 6.56. The second-order valence-corrected chi connectivity index (χ2v) is 7.42. The number of esters is 3. The van der Waals surface area contributed by atoms with Crippen molar-refractivity contribution in [3.63, 3.8) is 0 Å². The van der Waals surface area contributed by atoms with Gasteiger partial charge >= 0.3 is 17.9 Å². The molecular weight excluding hydrogens is 495 g/mol. The Kier molecular flexibility index (Phi) is 8.69. The fraction of sp³-hybridized carbons (Fsp3) is 0.550. The van der Waals surface area contributed by atoms with Gasteiger partial charge in [-0.25, -0.2) is 0 Å². The summed E-state index contributed by atoms with van der Waals surface area (Å²) >= 11 is 2.08. The summed E-state index contributed by atoms with van der Waals surface area (Å²) in [7, 11) is 0. The van der Waals surface area contributed by atoms with E-state index in [4.69, 9.17) is 23.7 Å². The molecule has 1 aliphatic heterocycles. The molecule has 1 fully saturated rings. The predicted octanol–water partition coefficient (Wildman–Crippen LogP) is 2.58. The number of rotatable bonds is 7. The van der Waals surface area contributed by atoms with E-state index in [1.165, 1.54) is 20.8 Å². The maximum absolute atomic E-state index is 11.7. The molecule has 0 bridgehead atoms. The molecule has 0 amide bonds. The molecule has 1 heterocycles. The average Bonchev–Trinajstić information content (AvgIpc) is 2.65. The number of ether oxygens (including phenoxy) is 5. The van der Waals surface area contributed by atoms with Gasteiger partial charge in [0.05, 0.1) is 0 Å². The summed E-state index contributed by atoms with van der Waals surface area (Å²) in [5.41, 5.74) is 1.14. The van der Waals surface area contributed by atoms with Gasteiger partial charge in [-0.15, -0.1) is 0 Å². The number of benzene rings is 1. The van der Waals surface area contributed by atoms with Gasteiger partial charge in [0.15, 0.2) is 12.2 Å². The fourth-order valence-electron chi connectivity index (χ4n) is 3.01. The van der Waals surface area contributed by atoms with Crippen LogP contribution in [0.5, 0.6) is 5.75 Å². The van der Waals surface area contributed by atoms with E-state index in [0.717, 1.165) is 12.0 Å². The summed E-state index contributed by atoms with van der Waals surface area (Å²) in [6.07, 6.45) is -3.94. The lowest BCUT2D eigenvalue weighted by Crippen LogP contribution is -2.63. The van der Waals surface area contributed by atoms with Crippen LogP contribution in [0.25, 0.3) is 0 Å². The summed E-state index contributed by atoms with van der Waals surface area (Å²) in [6.45, 7) is 5.74. The number of carbonyl (C=O) groups is 3. The Morgan fingerprint density at radius 1 is 0.897 bits per heavy atom. The minimum Gasteiger partial charge on any atom is -0.461 e. The Labute approximate surface area is 183 Å². The molecule has 1 aromatic carbocycles. The van der Waals surface area contributed by atoms with E-state index in [-0.39, 0.29) is 0 Å². The molecule has 1 saturated heterocycles. The van der Waals surface area contributed by atoms with E-state index in [2.05, 4.69) is 22.6 Å². The lowest BCUT2D eigenvalue weighted by molar-refractivity contribution is -0.279. The molecular formula is C20H25IO8. The Morgan fingerprint density at radius 2 is 1.41 bits per heavy atom. The molecule has 0 spiro atoms. The first kappa shape index (κ1) is 23.4. The van der Waals surface area contributed by atoms with Gasteiger partial charge < -0.3 is 23.7 Å². The molecule has 0 saturated carbocycles. The van der Waals surface area contributed by atoms with Crippen LogP contribution in [0.3, 0.4) is 0 Å². The summed E-state index contributed by atoms with van der Waals surface area (Å²) < 4.78 is 28.4. The first-order chi connectivity index (χ1) is 13.7. The number of alkyl halides is 1. The van der Waals surface area contributed by atoms with Gasteiger partial charge in [-0.3, -0.25) is 14.4 Å². The van der Waals surface area contributed by atoms with Crippen molar-refractivity contribution in [2.75, 3.05) is 4.43 Å². The van der Waals surface area contributed by atoms with Crippen LogP contribution >= 0.6 is 22.6 Å². The van der Waals surface area contributed by atoms with Gasteiger partial charge in [-0.2, -0.15) is 0 Å². The van der Waals surface area contributed by atoms with Crippen molar-refractivity contribution in [2.45, 2.75) is 64.8 Å². The highest BCUT2D eigenvalue weighted by molar-refractivity contribution is 14.1. The highest BCUT2D eigenvalue weighted by Gasteiger charge is 2.52. The standard InChI is InChI=1S/C20H25IO8/c1-5-14-6-8-15(9-7-14)28-20-19(27-13(4)24)18(26-12(3)23)17(25-11(2)22)16(10-21)29-20/h6-9,16-20H,5,10H2,1-4H3/t16-,17+,18-,19+,20-/m0/s1. The molecule has 8 nitrogen and oxygen atoms in total. The van der Waals surface area contributed by atoms with Crippen molar-refractivity contribution in [3.05, 3.63) is 29.8 Å². The first-order valence-corrected chi connectivity index (χ1v) is 10.8. The molecule has 0 aromatic heterocycles. The van der Waals surface area contributed by atoms with Crippen molar-refractivity contribution in [1.82, 2.24) is 0 Å². The van der Waals surface area contributed by atoms with E-state index in [1.807, 2.05) is 19.1 Å². The first-order valence-electron chi connectivity index (χ1n) is 9.23. The van der Waals surface area contributed by atoms with Crippen LogP contribution in [0.2, 0.25) is 0 Å². The SMILES string of the molecule is CCc1ccc(O[C@H]2O[C@@H](CI)[C@@H](OC(C)=O)[C@H](OC(C)=O)[C@H]2OC(C)=O)cc1. The van der Waals surface area contributed by atoms with Gasteiger partial charge in [-0.05, 0) is 24.1 Å². The average molecular weight is 520 g/mol. The van der Waals surface area contributed by atoms with Crippen LogP contribution in [0.1, 0.15) is 33.3 Å². The summed E-state index contributed by atoms with van der Waals surface area (Å²) in [6, 6.07) is 7.40. The molecule has 2 rings (SSSR count). The molecule has 29 heavy (non-hydrogen) atoms. The second-order valence-electron chi connectivity index (χ2n) is 6.53. The predicted molar refractivity (Wildman–Crippen MR) is 111 cm³/mol. The number of aryl methyl sites for hydroxylation is 1. The molecule has 0 N–H and O–H groups in total. The molecule has 160 valence electrons. The Morgan fingerprint density at radius 3 is 1.90 bits per heavy atom. The molecule has 0 aliphatic carbocycles. The Hall–Kier alpha value is -1.88. The van der Waals surface area contributed by atoms with E-state index in [0.29, 0.717) is 10.2 Å². The highest BCUT2D eigenvalue weighted by atomic mass is 127. The minimum absolute atomic E-state index is 0.425. The minimum atomic E-state index is -1.12. The van der Waals surface area contributed by atoms with Crippen LogP contribution in [0.15, 0.2) is 24.3 Å². The van der Waals surface area contributed by atoms with E-state index >= 15 is 0 Å². The number of hydrogen-bond acceptors (Lipinski definition) is 8. The number of halogens is 1. The molecule has 1 aliphatic rings. The Balaban J connectivity index is 2.37. The van der Waals surface area contributed by atoms with Crippen LogP contribution in [0, 0.1) is 0 Å². The van der Waals surface area contributed by atoms with Gasteiger partial charge in [0, 0.05) is 25.2 Å². The van der Waals surface area contributed by atoms with Gasteiger partial charge in [-0.1, -0.05) is 41.6 Å². The quantitative estimate of drug-likeness (QED) is 0.234. The van der Waals surface area contributed by atoms with Crippen LogP contribution < -0.4 is 4.74 Å². The van der Waals surface area contributed by atoms with Crippen molar-refractivity contribution >= 4 is 40.5 Å². The highest BCUT2D eigenvalue weighted by Crippen LogP contribution is 2.31. The maximum Gasteiger partial charge on any atom is 0.303 e. The van der Waals surface area contributed by atoms with Crippen LogP contribution in [-0.4, -0.2) is 53.0 Å². The monoisotopic (exact) mass is 520 g/mol. The van der Waals surface area contributed by atoms with Gasteiger partial charge in [0.25, 0.3) is 0 Å². The van der Waals surface area contributed by atoms with Crippen LogP contribution in [0.4, 0.5) is 0 Å². The third-order valence-electron chi connectivity index (χ3n) is 4.23. The molecule has 1 aromatic rings. The molecule has 0 unspecified atom stereocenters. The summed E-state index contributed by atoms with van der Waals surface area (Å²) in [4.78, 5) is 35.0. The second kappa shape index (κ2) is 10.8.